The van der Waals surface area contributed by atoms with Crippen molar-refractivity contribution >= 4 is 0 Å². The number of hydrogen-bond acceptors (Lipinski definition) is 3. The van der Waals surface area contributed by atoms with Gasteiger partial charge in [-0.1, -0.05) is 20.8 Å². The van der Waals surface area contributed by atoms with Gasteiger partial charge in [0.05, 0.1) is 19.8 Å². The normalized spacial score (nSPS) is 26.1. The number of ether oxygens (including phenoxy) is 2. The van der Waals surface area contributed by atoms with E-state index in [9.17, 15) is 5.11 Å². The van der Waals surface area contributed by atoms with Crippen molar-refractivity contribution in [3.05, 3.63) is 0 Å². The van der Waals surface area contributed by atoms with Crippen LogP contribution in [0.4, 0.5) is 0 Å². The van der Waals surface area contributed by atoms with Crippen LogP contribution in [0.3, 0.4) is 0 Å². The van der Waals surface area contributed by atoms with Crippen LogP contribution in [0.25, 0.3) is 0 Å². The number of hydrogen-bond donors (Lipinski definition) is 1. The molecular weight excluding hydrogens is 180 g/mol. The molecule has 0 aliphatic carbocycles. The van der Waals surface area contributed by atoms with Crippen LogP contribution in [-0.2, 0) is 9.47 Å². The molecule has 84 valence electrons. The number of aliphatic hydroxyl groups is 1. The second-order valence-corrected chi connectivity index (χ2v) is 5.67. The molecule has 1 N–H and O–H groups in total. The lowest BCUT2D eigenvalue weighted by Crippen LogP contribution is -2.54. The smallest absolute Gasteiger partial charge is 0.162 e. The molecule has 3 heteroatoms. The van der Waals surface area contributed by atoms with Crippen LogP contribution in [0.5, 0.6) is 0 Å². The Bertz CT molecular complexity index is 193. The molecule has 0 bridgehead atoms. The molecular formula is C11H22O3. The topological polar surface area (TPSA) is 38.7 Å². The zero-order chi connectivity index (χ0) is 11.0. The predicted octanol–water partition coefficient (Wildman–Crippen LogP) is 1.79. The van der Waals surface area contributed by atoms with Crippen molar-refractivity contribution in [3.8, 4) is 0 Å². The van der Waals surface area contributed by atoms with Crippen molar-refractivity contribution in [3.63, 3.8) is 0 Å². The fraction of sp³-hybridized carbons (Fsp3) is 1.00. The van der Waals surface area contributed by atoms with Crippen LogP contribution < -0.4 is 0 Å². The highest BCUT2D eigenvalue weighted by Crippen LogP contribution is 2.43. The molecule has 0 radical (unpaired) electrons. The van der Waals surface area contributed by atoms with E-state index in [1.54, 1.807) is 0 Å². The highest BCUT2D eigenvalue weighted by Gasteiger charge is 2.47. The molecule has 0 atom stereocenters. The molecule has 14 heavy (non-hydrogen) atoms. The van der Waals surface area contributed by atoms with E-state index in [2.05, 4.69) is 20.8 Å². The van der Waals surface area contributed by atoms with Gasteiger partial charge in [0.1, 0.15) is 0 Å². The minimum Gasteiger partial charge on any atom is -0.396 e. The minimum absolute atomic E-state index is 0.0156. The summed E-state index contributed by atoms with van der Waals surface area (Å²) in [5, 5.41) is 9.49. The first-order valence-electron chi connectivity index (χ1n) is 5.11. The Morgan fingerprint density at radius 2 is 1.57 bits per heavy atom. The van der Waals surface area contributed by atoms with Gasteiger partial charge in [0, 0.05) is 5.41 Å². The summed E-state index contributed by atoms with van der Waals surface area (Å²) in [5.41, 5.74) is -0.291. The third-order valence-electron chi connectivity index (χ3n) is 3.29. The zero-order valence-electron chi connectivity index (χ0n) is 9.89. The molecule has 1 rings (SSSR count). The van der Waals surface area contributed by atoms with E-state index in [1.807, 2.05) is 13.8 Å². The van der Waals surface area contributed by atoms with E-state index in [1.165, 1.54) is 0 Å². The molecule has 1 heterocycles. The Balaban J connectivity index is 2.77. The molecule has 3 nitrogen and oxygen atoms in total. The van der Waals surface area contributed by atoms with E-state index in [0.29, 0.717) is 13.2 Å². The highest BCUT2D eigenvalue weighted by atomic mass is 16.7. The summed E-state index contributed by atoms with van der Waals surface area (Å²) in [6.07, 6.45) is 0. The maximum atomic E-state index is 9.49. The average Bonchev–Trinajstić information content (AvgIpc) is 2.03. The monoisotopic (exact) mass is 202 g/mol. The Labute approximate surface area is 86.4 Å². The Morgan fingerprint density at radius 1 is 1.14 bits per heavy atom. The molecule has 0 unspecified atom stereocenters. The van der Waals surface area contributed by atoms with E-state index in [4.69, 9.17) is 9.47 Å². The number of aliphatic hydroxyl groups excluding tert-OH is 1. The fourth-order valence-corrected chi connectivity index (χ4v) is 1.47. The SMILES string of the molecule is CC1(C)OCC(CO)(C(C)(C)C)CO1. The number of rotatable bonds is 1. The first-order chi connectivity index (χ1) is 6.22. The summed E-state index contributed by atoms with van der Waals surface area (Å²) >= 11 is 0. The van der Waals surface area contributed by atoms with E-state index < -0.39 is 5.79 Å². The third kappa shape index (κ3) is 2.10. The lowest BCUT2D eigenvalue weighted by Gasteiger charge is -2.49. The maximum Gasteiger partial charge on any atom is 0.162 e. The van der Waals surface area contributed by atoms with Gasteiger partial charge in [-0.05, 0) is 19.3 Å². The minimum atomic E-state index is -0.510. The van der Waals surface area contributed by atoms with E-state index in [-0.39, 0.29) is 17.4 Å². The van der Waals surface area contributed by atoms with Gasteiger partial charge in [0.15, 0.2) is 5.79 Å². The molecule has 0 aromatic rings. The molecule has 1 aliphatic heterocycles. The molecule has 0 aromatic carbocycles. The fourth-order valence-electron chi connectivity index (χ4n) is 1.47. The Hall–Kier alpha value is -0.120. The van der Waals surface area contributed by atoms with Gasteiger partial charge >= 0.3 is 0 Å². The highest BCUT2D eigenvalue weighted by molar-refractivity contribution is 4.92. The lowest BCUT2D eigenvalue weighted by atomic mass is 9.67. The van der Waals surface area contributed by atoms with Crippen LogP contribution in [-0.4, -0.2) is 30.7 Å². The second kappa shape index (κ2) is 3.47. The van der Waals surface area contributed by atoms with Crippen LogP contribution in [0, 0.1) is 10.8 Å². The molecule has 0 saturated carbocycles. The van der Waals surface area contributed by atoms with Crippen LogP contribution >= 0.6 is 0 Å². The van der Waals surface area contributed by atoms with Gasteiger partial charge in [-0.3, -0.25) is 0 Å². The maximum absolute atomic E-state index is 9.49. The van der Waals surface area contributed by atoms with Crippen LogP contribution in [0.15, 0.2) is 0 Å². The molecule has 0 spiro atoms. The van der Waals surface area contributed by atoms with Crippen molar-refractivity contribution in [2.75, 3.05) is 19.8 Å². The summed E-state index contributed by atoms with van der Waals surface area (Å²) in [5.74, 6) is -0.510. The first kappa shape index (κ1) is 12.0. The molecule has 1 saturated heterocycles. The van der Waals surface area contributed by atoms with Gasteiger partial charge in [-0.15, -0.1) is 0 Å². The molecule has 1 fully saturated rings. The summed E-state index contributed by atoms with van der Waals surface area (Å²) in [7, 11) is 0. The zero-order valence-corrected chi connectivity index (χ0v) is 9.89. The standard InChI is InChI=1S/C11H22O3/c1-9(2,3)11(6-12)7-13-10(4,5)14-8-11/h12H,6-8H2,1-5H3. The largest absolute Gasteiger partial charge is 0.396 e. The van der Waals surface area contributed by atoms with Gasteiger partial charge in [0.2, 0.25) is 0 Å². The van der Waals surface area contributed by atoms with Gasteiger partial charge in [0.25, 0.3) is 0 Å². The summed E-state index contributed by atoms with van der Waals surface area (Å²) in [4.78, 5) is 0. The van der Waals surface area contributed by atoms with Crippen LogP contribution in [0.2, 0.25) is 0 Å². The van der Waals surface area contributed by atoms with Crippen molar-refractivity contribution < 1.29 is 14.6 Å². The van der Waals surface area contributed by atoms with E-state index in [0.717, 1.165) is 0 Å². The van der Waals surface area contributed by atoms with Crippen molar-refractivity contribution in [1.82, 2.24) is 0 Å². The summed E-state index contributed by atoms with van der Waals surface area (Å²) in [6.45, 7) is 11.3. The van der Waals surface area contributed by atoms with Crippen molar-refractivity contribution in [2.24, 2.45) is 10.8 Å². The molecule has 0 amide bonds. The quantitative estimate of drug-likeness (QED) is 0.704. The second-order valence-electron chi connectivity index (χ2n) is 5.67. The molecule has 1 aliphatic rings. The summed E-state index contributed by atoms with van der Waals surface area (Å²) < 4.78 is 11.2. The average molecular weight is 202 g/mol. The first-order valence-corrected chi connectivity index (χ1v) is 5.11. The lowest BCUT2D eigenvalue weighted by molar-refractivity contribution is -0.306. The predicted molar refractivity (Wildman–Crippen MR) is 55.0 cm³/mol. The third-order valence-corrected chi connectivity index (χ3v) is 3.29. The summed E-state index contributed by atoms with van der Waals surface area (Å²) in [6, 6.07) is 0. The van der Waals surface area contributed by atoms with Gasteiger partial charge in [-0.25, -0.2) is 0 Å². The van der Waals surface area contributed by atoms with Crippen molar-refractivity contribution in [2.45, 2.75) is 40.4 Å². The van der Waals surface area contributed by atoms with E-state index >= 15 is 0 Å². The Kier molecular flexibility index (Phi) is 2.96. The van der Waals surface area contributed by atoms with Crippen LogP contribution in [0.1, 0.15) is 34.6 Å². The van der Waals surface area contributed by atoms with Gasteiger partial charge in [-0.2, -0.15) is 0 Å². The Morgan fingerprint density at radius 3 is 1.86 bits per heavy atom. The van der Waals surface area contributed by atoms with Crippen molar-refractivity contribution in [1.29, 1.82) is 0 Å². The van der Waals surface area contributed by atoms with Gasteiger partial charge < -0.3 is 14.6 Å². The molecule has 0 aromatic heterocycles.